The summed E-state index contributed by atoms with van der Waals surface area (Å²) in [6.45, 7) is 0. The standard InChI is InChI=1S/C10H6Cl2N2O/c11-6-1-2-7(8(12)5-6)10-13-4-3-9(15)14-10/h1-5H,(H,13,14,15). The van der Waals surface area contributed by atoms with E-state index < -0.39 is 0 Å². The van der Waals surface area contributed by atoms with Gasteiger partial charge in [-0.2, -0.15) is 0 Å². The minimum absolute atomic E-state index is 0.217. The molecule has 0 saturated heterocycles. The molecule has 0 aliphatic heterocycles. The van der Waals surface area contributed by atoms with Crippen LogP contribution in [0.25, 0.3) is 11.4 Å². The molecule has 0 radical (unpaired) electrons. The Labute approximate surface area is 95.7 Å². The van der Waals surface area contributed by atoms with Crippen LogP contribution in [0.5, 0.6) is 0 Å². The Balaban J connectivity index is 2.59. The van der Waals surface area contributed by atoms with Crippen molar-refractivity contribution in [3.05, 3.63) is 50.9 Å². The van der Waals surface area contributed by atoms with Crippen LogP contribution in [0.15, 0.2) is 35.3 Å². The van der Waals surface area contributed by atoms with Gasteiger partial charge in [-0.1, -0.05) is 23.2 Å². The van der Waals surface area contributed by atoms with Gasteiger partial charge >= 0.3 is 0 Å². The number of hydrogen-bond acceptors (Lipinski definition) is 2. The van der Waals surface area contributed by atoms with Crippen LogP contribution in [0.1, 0.15) is 0 Å². The molecule has 0 amide bonds. The minimum Gasteiger partial charge on any atom is -0.306 e. The summed E-state index contributed by atoms with van der Waals surface area (Å²) in [5.74, 6) is 0.434. The first-order chi connectivity index (χ1) is 7.16. The highest BCUT2D eigenvalue weighted by molar-refractivity contribution is 6.36. The second-order valence-electron chi connectivity index (χ2n) is 2.91. The number of aromatic amines is 1. The lowest BCUT2D eigenvalue weighted by molar-refractivity contribution is 1.13. The molecule has 2 aromatic rings. The van der Waals surface area contributed by atoms with Crippen molar-refractivity contribution >= 4 is 23.2 Å². The second-order valence-corrected chi connectivity index (χ2v) is 3.75. The first-order valence-corrected chi connectivity index (χ1v) is 4.93. The normalized spacial score (nSPS) is 10.3. The van der Waals surface area contributed by atoms with E-state index in [9.17, 15) is 4.79 Å². The van der Waals surface area contributed by atoms with Gasteiger partial charge in [0.05, 0.1) is 5.02 Å². The van der Waals surface area contributed by atoms with Gasteiger partial charge in [-0.15, -0.1) is 0 Å². The summed E-state index contributed by atoms with van der Waals surface area (Å²) >= 11 is 11.7. The third-order valence-corrected chi connectivity index (χ3v) is 2.41. The van der Waals surface area contributed by atoms with Crippen molar-refractivity contribution in [2.45, 2.75) is 0 Å². The number of rotatable bonds is 1. The van der Waals surface area contributed by atoms with E-state index in [2.05, 4.69) is 9.97 Å². The summed E-state index contributed by atoms with van der Waals surface area (Å²) < 4.78 is 0. The topological polar surface area (TPSA) is 45.8 Å². The van der Waals surface area contributed by atoms with E-state index in [4.69, 9.17) is 23.2 Å². The van der Waals surface area contributed by atoms with Gasteiger partial charge in [-0.3, -0.25) is 4.79 Å². The second kappa shape index (κ2) is 4.04. The largest absolute Gasteiger partial charge is 0.306 e. The Morgan fingerprint density at radius 3 is 2.67 bits per heavy atom. The molecule has 0 spiro atoms. The van der Waals surface area contributed by atoms with Gasteiger partial charge in [0.1, 0.15) is 5.82 Å². The molecule has 2 rings (SSSR count). The van der Waals surface area contributed by atoms with Crippen molar-refractivity contribution < 1.29 is 0 Å². The number of H-pyrrole nitrogens is 1. The van der Waals surface area contributed by atoms with Crippen molar-refractivity contribution in [3.8, 4) is 11.4 Å². The summed E-state index contributed by atoms with van der Waals surface area (Å²) in [5.41, 5.74) is 0.435. The van der Waals surface area contributed by atoms with Crippen LogP contribution in [0, 0.1) is 0 Å². The molecule has 5 heteroatoms. The SMILES string of the molecule is O=c1ccnc(-c2ccc(Cl)cc2Cl)[nH]1. The highest BCUT2D eigenvalue weighted by Crippen LogP contribution is 2.27. The predicted molar refractivity (Wildman–Crippen MR) is 60.3 cm³/mol. The van der Waals surface area contributed by atoms with E-state index in [1.54, 1.807) is 18.2 Å². The zero-order valence-electron chi connectivity index (χ0n) is 7.50. The molecule has 0 aliphatic carbocycles. The lowest BCUT2D eigenvalue weighted by Crippen LogP contribution is -2.05. The van der Waals surface area contributed by atoms with Crippen LogP contribution < -0.4 is 5.56 Å². The van der Waals surface area contributed by atoms with E-state index in [1.807, 2.05) is 0 Å². The molecule has 0 saturated carbocycles. The Morgan fingerprint density at radius 2 is 2.00 bits per heavy atom. The molecule has 1 heterocycles. The van der Waals surface area contributed by atoms with E-state index in [0.29, 0.717) is 21.4 Å². The Hall–Kier alpha value is -1.32. The number of hydrogen-bond donors (Lipinski definition) is 1. The van der Waals surface area contributed by atoms with Crippen LogP contribution in [0.2, 0.25) is 10.0 Å². The molecule has 0 bridgehead atoms. The molecule has 0 atom stereocenters. The molecule has 15 heavy (non-hydrogen) atoms. The monoisotopic (exact) mass is 240 g/mol. The van der Waals surface area contributed by atoms with Gasteiger partial charge in [-0.05, 0) is 18.2 Å². The van der Waals surface area contributed by atoms with E-state index >= 15 is 0 Å². The number of halogens is 2. The van der Waals surface area contributed by atoms with Crippen LogP contribution in [0.4, 0.5) is 0 Å². The third-order valence-electron chi connectivity index (χ3n) is 1.86. The van der Waals surface area contributed by atoms with Crippen LogP contribution >= 0.6 is 23.2 Å². The fourth-order valence-electron chi connectivity index (χ4n) is 1.19. The number of nitrogens with one attached hydrogen (secondary N) is 1. The van der Waals surface area contributed by atoms with Crippen LogP contribution in [0.3, 0.4) is 0 Å². The summed E-state index contributed by atoms with van der Waals surface area (Å²) in [7, 11) is 0. The highest BCUT2D eigenvalue weighted by Gasteiger charge is 2.05. The first kappa shape index (κ1) is 10.2. The molecule has 0 fully saturated rings. The maximum absolute atomic E-state index is 11.1. The summed E-state index contributed by atoms with van der Waals surface area (Å²) in [5, 5.41) is 0.999. The number of aromatic nitrogens is 2. The number of nitrogens with zero attached hydrogens (tertiary/aromatic N) is 1. The van der Waals surface area contributed by atoms with Gasteiger partial charge < -0.3 is 4.98 Å². The van der Waals surface area contributed by atoms with E-state index in [-0.39, 0.29) is 5.56 Å². The zero-order chi connectivity index (χ0) is 10.8. The average Bonchev–Trinajstić information content (AvgIpc) is 2.17. The van der Waals surface area contributed by atoms with Crippen molar-refractivity contribution in [1.29, 1.82) is 0 Å². The Bertz CT molecular complexity index is 551. The highest BCUT2D eigenvalue weighted by atomic mass is 35.5. The molecule has 1 aromatic carbocycles. The van der Waals surface area contributed by atoms with Crippen LogP contribution in [-0.4, -0.2) is 9.97 Å². The smallest absolute Gasteiger partial charge is 0.251 e. The fourth-order valence-corrected chi connectivity index (χ4v) is 1.69. The lowest BCUT2D eigenvalue weighted by atomic mass is 10.2. The first-order valence-electron chi connectivity index (χ1n) is 4.17. The maximum Gasteiger partial charge on any atom is 0.251 e. The molecule has 3 nitrogen and oxygen atoms in total. The molecule has 0 aliphatic rings. The van der Waals surface area contributed by atoms with Gasteiger partial charge in [-0.25, -0.2) is 4.98 Å². The van der Waals surface area contributed by atoms with Crippen molar-refractivity contribution in [1.82, 2.24) is 9.97 Å². The van der Waals surface area contributed by atoms with Gasteiger partial charge in [0.15, 0.2) is 0 Å². The van der Waals surface area contributed by atoms with E-state index in [1.165, 1.54) is 12.3 Å². The molecule has 76 valence electrons. The Morgan fingerprint density at radius 1 is 1.20 bits per heavy atom. The predicted octanol–water partition coefficient (Wildman–Crippen LogP) is 2.74. The molecular formula is C10H6Cl2N2O. The van der Waals surface area contributed by atoms with Gasteiger partial charge in [0, 0.05) is 22.8 Å². The van der Waals surface area contributed by atoms with E-state index in [0.717, 1.165) is 0 Å². The van der Waals surface area contributed by atoms with Crippen LogP contribution in [-0.2, 0) is 0 Å². The molecular weight excluding hydrogens is 235 g/mol. The average molecular weight is 241 g/mol. The zero-order valence-corrected chi connectivity index (χ0v) is 9.01. The van der Waals surface area contributed by atoms with Crippen molar-refractivity contribution in [2.24, 2.45) is 0 Å². The summed E-state index contributed by atoms with van der Waals surface area (Å²) in [6.07, 6.45) is 1.43. The third kappa shape index (κ3) is 2.19. The van der Waals surface area contributed by atoms with Crippen molar-refractivity contribution in [3.63, 3.8) is 0 Å². The summed E-state index contributed by atoms with van der Waals surface area (Å²) in [6, 6.07) is 6.34. The van der Waals surface area contributed by atoms with Crippen molar-refractivity contribution in [2.75, 3.05) is 0 Å². The summed E-state index contributed by atoms with van der Waals surface area (Å²) in [4.78, 5) is 17.7. The fraction of sp³-hybridized carbons (Fsp3) is 0. The quantitative estimate of drug-likeness (QED) is 0.834. The number of benzene rings is 1. The van der Waals surface area contributed by atoms with Gasteiger partial charge in [0.25, 0.3) is 5.56 Å². The lowest BCUT2D eigenvalue weighted by Gasteiger charge is -2.02. The maximum atomic E-state index is 11.1. The molecule has 0 unspecified atom stereocenters. The molecule has 1 N–H and O–H groups in total. The molecule has 1 aromatic heterocycles. The minimum atomic E-state index is -0.217. The van der Waals surface area contributed by atoms with Gasteiger partial charge in [0.2, 0.25) is 0 Å². The Kier molecular flexibility index (Phi) is 2.75.